The molecule has 0 radical (unpaired) electrons. The lowest BCUT2D eigenvalue weighted by Crippen LogP contribution is -2.75. The molecule has 0 spiro atoms. The Morgan fingerprint density at radius 2 is 0.597 bits per heavy atom. The van der Waals surface area contributed by atoms with Gasteiger partial charge in [0.15, 0.2) is 12.7 Å². The van der Waals surface area contributed by atoms with E-state index < -0.39 is 201 Å². The van der Waals surface area contributed by atoms with Gasteiger partial charge in [0.05, 0.1) is 44.5 Å². The second kappa shape index (κ2) is 20.2. The van der Waals surface area contributed by atoms with Crippen molar-refractivity contribution in [2.24, 2.45) is 0 Å². The molecule has 3 nitrogen and oxygen atoms in total. The van der Waals surface area contributed by atoms with Gasteiger partial charge < -0.3 is 5.11 Å². The zero-order valence-electron chi connectivity index (χ0n) is 37.4. The smallest absolute Gasteiger partial charge is 0.416 e. The van der Waals surface area contributed by atoms with Crippen LogP contribution in [0.2, 0.25) is 0 Å². The molecular weight excluding hydrogens is 1100 g/mol. The molecule has 7 aromatic rings. The molecule has 0 aliphatic rings. The summed E-state index contributed by atoms with van der Waals surface area (Å²) in [7, 11) is 0. The van der Waals surface area contributed by atoms with E-state index in [0.717, 1.165) is 16.3 Å². The summed E-state index contributed by atoms with van der Waals surface area (Å²) < 4.78 is 343. The first-order valence-electron chi connectivity index (χ1n) is 21.1. The standard InChI is InChI=1S/C32H12BF24.C17H13NO2/c34-25(35,36)13-1-14(26(37,38)39)6-21(5-13)33(22-7-15(27(40,41)42)2-16(8-22)28(43,44)45,23-9-17(29(46,47)48)3-18(10-23)30(49,50)51)24-11-19(31(52,53)54)4-20(12-24)32(55,56)57;19-17(20)16-10-14-8-4-5-9-15(14)12-18(16)11-13-6-2-1-3-7-13/h1-12H;1-10,12H,11H2/q-1;/p+1. The average Bonchev–Trinajstić information content (AvgIpc) is 3.29. The predicted octanol–water partition coefficient (Wildman–Crippen LogP) is 14.1. The predicted molar refractivity (Wildman–Crippen MR) is 227 cm³/mol. The summed E-state index contributed by atoms with van der Waals surface area (Å²) in [5.74, 6) is -0.910. The number of aromatic carboxylic acids is 1. The van der Waals surface area contributed by atoms with Gasteiger partial charge in [-0.1, -0.05) is 97.1 Å². The average molecular weight is 1130 g/mol. The molecule has 0 fully saturated rings. The van der Waals surface area contributed by atoms with Gasteiger partial charge >= 0.3 is 55.4 Å². The molecule has 28 heteroatoms. The number of carbonyl (C=O) groups is 1. The Bertz CT molecular complexity index is 2870. The molecule has 6 aromatic carbocycles. The number of carboxylic acid groups (broad SMARTS) is 1. The highest BCUT2D eigenvalue weighted by molar-refractivity contribution is 7.20. The van der Waals surface area contributed by atoms with Crippen LogP contribution in [0.15, 0.2) is 140 Å². The number of rotatable bonds is 7. The minimum atomic E-state index is -6.13. The molecule has 0 saturated carbocycles. The quantitative estimate of drug-likeness (QED) is 0.0982. The molecule has 1 aromatic heterocycles. The van der Waals surface area contributed by atoms with E-state index in [1.165, 1.54) is 0 Å². The van der Waals surface area contributed by atoms with Crippen LogP contribution in [0.5, 0.6) is 0 Å². The van der Waals surface area contributed by atoms with Gasteiger partial charge in [0, 0.05) is 17.0 Å². The highest BCUT2D eigenvalue weighted by Gasteiger charge is 2.47. The molecule has 0 unspecified atom stereocenters. The van der Waals surface area contributed by atoms with Gasteiger partial charge in [0.2, 0.25) is 0 Å². The number of halogens is 24. The number of nitrogens with zero attached hydrogens (tertiary/aromatic N) is 1. The minimum Gasteiger partial charge on any atom is -0.473 e. The van der Waals surface area contributed by atoms with Gasteiger partial charge in [-0.3, -0.25) is 0 Å². The Labute approximate surface area is 415 Å². The molecule has 77 heavy (non-hydrogen) atoms. The Morgan fingerprint density at radius 1 is 0.351 bits per heavy atom. The molecule has 0 saturated heterocycles. The maximum absolute atomic E-state index is 14.2. The third-order valence-corrected chi connectivity index (χ3v) is 11.7. The van der Waals surface area contributed by atoms with Crippen LogP contribution >= 0.6 is 0 Å². The van der Waals surface area contributed by atoms with Crippen molar-refractivity contribution in [1.29, 1.82) is 0 Å². The first-order valence-corrected chi connectivity index (χ1v) is 21.1. The number of hydrogen-bond acceptors (Lipinski definition) is 1. The Balaban J connectivity index is 0.000000397. The van der Waals surface area contributed by atoms with Gasteiger partial charge in [-0.2, -0.15) is 132 Å². The summed E-state index contributed by atoms with van der Waals surface area (Å²) in [5.41, 5.74) is -28.8. The molecule has 0 aliphatic heterocycles. The molecular formula is C49H26BF24NO2. The molecule has 0 atom stereocenters. The van der Waals surface area contributed by atoms with Crippen LogP contribution in [0, 0.1) is 0 Å². The third-order valence-electron chi connectivity index (χ3n) is 11.7. The number of alkyl halides is 24. The van der Waals surface area contributed by atoms with Crippen molar-refractivity contribution in [2.45, 2.75) is 56.0 Å². The summed E-state index contributed by atoms with van der Waals surface area (Å²) >= 11 is 0. The zero-order valence-corrected chi connectivity index (χ0v) is 37.4. The summed E-state index contributed by atoms with van der Waals surface area (Å²) in [6.07, 6.45) is -52.9. The number of pyridine rings is 1. The van der Waals surface area contributed by atoms with E-state index in [1.54, 1.807) is 10.6 Å². The van der Waals surface area contributed by atoms with E-state index >= 15 is 0 Å². The van der Waals surface area contributed by atoms with Crippen LogP contribution in [-0.4, -0.2) is 17.2 Å². The topological polar surface area (TPSA) is 41.2 Å². The van der Waals surface area contributed by atoms with Crippen LogP contribution in [0.3, 0.4) is 0 Å². The highest BCUT2D eigenvalue weighted by atomic mass is 19.4. The second-order valence-corrected chi connectivity index (χ2v) is 16.9. The summed E-state index contributed by atoms with van der Waals surface area (Å²) in [6, 6.07) is 10.5. The van der Waals surface area contributed by atoms with Crippen molar-refractivity contribution in [3.8, 4) is 0 Å². The van der Waals surface area contributed by atoms with Crippen LogP contribution in [0.4, 0.5) is 105 Å². The van der Waals surface area contributed by atoms with Gasteiger partial charge in [-0.15, -0.1) is 0 Å². The maximum atomic E-state index is 14.2. The van der Waals surface area contributed by atoms with Crippen LogP contribution < -0.4 is 26.4 Å². The molecule has 0 bridgehead atoms. The Hall–Kier alpha value is -7.42. The van der Waals surface area contributed by atoms with Crippen molar-refractivity contribution >= 4 is 44.7 Å². The SMILES string of the molecule is FC(F)(F)c1cc([B-](c2cc(C(F)(F)F)cc(C(F)(F)F)c2)(c2cc(C(F)(F)F)cc(C(F)(F)F)c2)c2cc(C(F)(F)F)cc(C(F)(F)F)c2)cc(C(F)(F)F)c1.O=C(O)c1cc2ccccc2c[n+]1Cc1ccccc1. The number of aromatic nitrogens is 1. The lowest BCUT2D eigenvalue weighted by atomic mass is 9.12. The van der Waals surface area contributed by atoms with Crippen molar-refractivity contribution < 1.29 is 120 Å². The van der Waals surface area contributed by atoms with E-state index in [9.17, 15) is 115 Å². The van der Waals surface area contributed by atoms with Gasteiger partial charge in [-0.25, -0.2) is 4.79 Å². The van der Waals surface area contributed by atoms with Crippen molar-refractivity contribution in [3.63, 3.8) is 0 Å². The van der Waals surface area contributed by atoms with Crippen LogP contribution in [0.25, 0.3) is 10.8 Å². The number of benzene rings is 6. The maximum Gasteiger partial charge on any atom is 0.416 e. The van der Waals surface area contributed by atoms with E-state index in [-0.39, 0.29) is 0 Å². The molecule has 0 aliphatic carbocycles. The fourth-order valence-electron chi connectivity index (χ4n) is 8.39. The summed E-state index contributed by atoms with van der Waals surface area (Å²) in [4.78, 5) is 11.4. The van der Waals surface area contributed by atoms with Gasteiger partial charge in [0.1, 0.15) is 6.15 Å². The first-order chi connectivity index (χ1) is 35.0. The van der Waals surface area contributed by atoms with Crippen molar-refractivity contribution in [2.75, 3.05) is 0 Å². The third kappa shape index (κ3) is 13.2. The number of hydrogen-bond donors (Lipinski definition) is 1. The van der Waals surface area contributed by atoms with Crippen molar-refractivity contribution in [1.82, 2.24) is 0 Å². The molecule has 0 amide bonds. The fraction of sp³-hybridized carbons (Fsp3) is 0.184. The van der Waals surface area contributed by atoms with E-state index in [0.29, 0.717) is 12.2 Å². The lowest BCUT2D eigenvalue weighted by molar-refractivity contribution is -0.689. The molecule has 1 N–H and O–H groups in total. The first kappa shape index (κ1) is 58.8. The molecule has 410 valence electrons. The fourth-order valence-corrected chi connectivity index (χ4v) is 8.39. The van der Waals surface area contributed by atoms with Crippen LogP contribution in [0.1, 0.15) is 60.6 Å². The summed E-state index contributed by atoms with van der Waals surface area (Å²) in [5, 5.41) is 11.4. The largest absolute Gasteiger partial charge is 0.473 e. The zero-order chi connectivity index (χ0) is 57.9. The van der Waals surface area contributed by atoms with E-state index in [2.05, 4.69) is 0 Å². The normalized spacial score (nSPS) is 13.4. The van der Waals surface area contributed by atoms with Crippen LogP contribution in [-0.2, 0) is 56.0 Å². The number of fused-ring (bicyclic) bond motifs is 1. The Morgan fingerprint density at radius 3 is 0.844 bits per heavy atom. The lowest BCUT2D eigenvalue weighted by Gasteiger charge is -2.46. The monoisotopic (exact) mass is 1130 g/mol. The minimum absolute atomic E-state index is 0.299. The van der Waals surface area contributed by atoms with E-state index in [4.69, 9.17) is 0 Å². The Kier molecular flexibility index (Phi) is 15.4. The number of carboxylic acids is 1. The molecule has 1 heterocycles. The van der Waals surface area contributed by atoms with Crippen molar-refractivity contribution in [3.05, 3.63) is 195 Å². The van der Waals surface area contributed by atoms with Gasteiger partial charge in [-0.05, 0) is 35.7 Å². The second-order valence-electron chi connectivity index (χ2n) is 16.9. The van der Waals surface area contributed by atoms with E-state index in [1.807, 2.05) is 60.8 Å². The van der Waals surface area contributed by atoms with Gasteiger partial charge in [0.25, 0.3) is 5.69 Å². The molecule has 7 rings (SSSR count). The summed E-state index contributed by atoms with van der Waals surface area (Å²) in [6.45, 7) is 0.549. The highest BCUT2D eigenvalue weighted by Crippen LogP contribution is 2.41.